The average molecular weight is 268 g/mol. The van der Waals surface area contributed by atoms with E-state index < -0.39 is 11.4 Å². The fourth-order valence-corrected chi connectivity index (χ4v) is 2.59. The third-order valence-electron chi connectivity index (χ3n) is 2.66. The van der Waals surface area contributed by atoms with Crippen LogP contribution in [-0.2, 0) is 11.4 Å². The van der Waals surface area contributed by atoms with Crippen LogP contribution >= 0.6 is 11.8 Å². The largest absolute Gasteiger partial charge is 0.392 e. The van der Waals surface area contributed by atoms with Gasteiger partial charge in [0, 0.05) is 5.56 Å². The highest BCUT2D eigenvalue weighted by Crippen LogP contribution is 2.32. The van der Waals surface area contributed by atoms with E-state index >= 15 is 0 Å². The number of aliphatic hydroxyl groups is 2. The number of aldehydes is 1. The van der Waals surface area contributed by atoms with Crippen LogP contribution in [0.4, 0.5) is 0 Å². The van der Waals surface area contributed by atoms with Gasteiger partial charge in [-0.2, -0.15) is 0 Å². The summed E-state index contributed by atoms with van der Waals surface area (Å²) in [7, 11) is 0. The van der Waals surface area contributed by atoms with E-state index in [1.54, 1.807) is 24.5 Å². The topological polar surface area (TPSA) is 74.6 Å². The van der Waals surface area contributed by atoms with Crippen molar-refractivity contribution in [1.82, 2.24) is 0 Å². The Morgan fingerprint density at radius 2 is 2.17 bits per heavy atom. The molecule has 0 saturated heterocycles. The van der Waals surface area contributed by atoms with Gasteiger partial charge in [0.15, 0.2) is 5.78 Å². The van der Waals surface area contributed by atoms with Crippen LogP contribution in [0, 0.1) is 0 Å². The van der Waals surface area contributed by atoms with Crippen molar-refractivity contribution in [2.45, 2.75) is 24.9 Å². The molecule has 0 spiro atoms. The number of Topliss-reactive ketones (excluding diaryl/α,β-unsaturated/α-hetero) is 1. The van der Waals surface area contributed by atoms with E-state index in [1.807, 2.05) is 0 Å². The molecule has 0 heterocycles. The number of rotatable bonds is 6. The van der Waals surface area contributed by atoms with Crippen LogP contribution in [0.15, 0.2) is 18.2 Å². The molecule has 18 heavy (non-hydrogen) atoms. The number of thioether (sulfide) groups is 1. The summed E-state index contributed by atoms with van der Waals surface area (Å²) in [5, 5.41) is 18.1. The molecule has 0 bridgehead atoms. The van der Waals surface area contributed by atoms with Gasteiger partial charge in [0.25, 0.3) is 0 Å². The molecule has 2 N–H and O–H groups in total. The number of hydrogen-bond donors (Lipinski definition) is 2. The Morgan fingerprint density at radius 3 is 2.61 bits per heavy atom. The zero-order valence-electron chi connectivity index (χ0n) is 10.3. The molecule has 5 heteroatoms. The first-order chi connectivity index (χ1) is 8.54. The zero-order chi connectivity index (χ0) is 13.7. The first-order valence-electron chi connectivity index (χ1n) is 5.48. The fourth-order valence-electron chi connectivity index (χ4n) is 1.69. The minimum Gasteiger partial charge on any atom is -0.392 e. The lowest BCUT2D eigenvalue weighted by Gasteiger charge is -2.18. The van der Waals surface area contributed by atoms with E-state index in [9.17, 15) is 19.8 Å². The van der Waals surface area contributed by atoms with Crippen molar-refractivity contribution in [2.75, 3.05) is 6.26 Å². The molecule has 0 fully saturated rings. The summed E-state index contributed by atoms with van der Waals surface area (Å²) in [6.45, 7) is 1.20. The van der Waals surface area contributed by atoms with Crippen LogP contribution in [0.3, 0.4) is 0 Å². The molecule has 0 radical (unpaired) electrons. The molecule has 0 aromatic heterocycles. The van der Waals surface area contributed by atoms with E-state index in [1.165, 1.54) is 18.7 Å². The SMILES string of the molecule is CSC(C(=O)C(C)O)c1cc(C=O)ccc1CO. The van der Waals surface area contributed by atoms with Gasteiger partial charge in [0.2, 0.25) is 0 Å². The third-order valence-corrected chi connectivity index (χ3v) is 3.62. The van der Waals surface area contributed by atoms with Crippen LogP contribution in [0.2, 0.25) is 0 Å². The Bertz CT molecular complexity index is 443. The molecule has 0 saturated carbocycles. The predicted molar refractivity (Wildman–Crippen MR) is 70.7 cm³/mol. The highest BCUT2D eigenvalue weighted by Gasteiger charge is 2.25. The van der Waals surface area contributed by atoms with Gasteiger partial charge in [0.1, 0.15) is 12.4 Å². The predicted octanol–water partition coefficient (Wildman–Crippen LogP) is 1.35. The molecule has 0 aliphatic heterocycles. The van der Waals surface area contributed by atoms with E-state index in [4.69, 9.17) is 0 Å². The summed E-state index contributed by atoms with van der Waals surface area (Å²) >= 11 is 1.27. The van der Waals surface area contributed by atoms with Crippen LogP contribution in [0.5, 0.6) is 0 Å². The summed E-state index contributed by atoms with van der Waals surface area (Å²) in [6, 6.07) is 4.80. The first-order valence-corrected chi connectivity index (χ1v) is 6.77. The minimum atomic E-state index is -1.08. The molecule has 98 valence electrons. The van der Waals surface area contributed by atoms with Gasteiger partial charge in [-0.05, 0) is 30.4 Å². The molecule has 1 aromatic carbocycles. The molecule has 2 unspecified atom stereocenters. The lowest BCUT2D eigenvalue weighted by Crippen LogP contribution is -2.23. The van der Waals surface area contributed by atoms with Crippen LogP contribution in [0.25, 0.3) is 0 Å². The quantitative estimate of drug-likeness (QED) is 0.762. The second-order valence-electron chi connectivity index (χ2n) is 3.93. The van der Waals surface area contributed by atoms with E-state index in [0.717, 1.165) is 0 Å². The van der Waals surface area contributed by atoms with Gasteiger partial charge in [-0.25, -0.2) is 0 Å². The van der Waals surface area contributed by atoms with Crippen molar-refractivity contribution in [3.05, 3.63) is 34.9 Å². The van der Waals surface area contributed by atoms with Gasteiger partial charge < -0.3 is 10.2 Å². The number of ketones is 1. The summed E-state index contributed by atoms with van der Waals surface area (Å²) in [5.41, 5.74) is 1.62. The molecule has 0 amide bonds. The number of hydrogen-bond acceptors (Lipinski definition) is 5. The molecule has 0 aliphatic rings. The molecule has 0 aliphatic carbocycles. The Labute approximate surface area is 110 Å². The number of aliphatic hydroxyl groups excluding tert-OH is 2. The van der Waals surface area contributed by atoms with Crippen molar-refractivity contribution in [3.8, 4) is 0 Å². The standard InChI is InChI=1S/C13H16O4S/c1-8(16)12(17)13(18-2)11-5-9(6-14)3-4-10(11)7-15/h3-6,8,13,15-16H,7H2,1-2H3. The molecule has 2 atom stereocenters. The van der Waals surface area contributed by atoms with Crippen molar-refractivity contribution in [3.63, 3.8) is 0 Å². The summed E-state index contributed by atoms with van der Waals surface area (Å²) < 4.78 is 0. The maximum Gasteiger partial charge on any atom is 0.178 e. The van der Waals surface area contributed by atoms with Crippen LogP contribution in [-0.4, -0.2) is 34.6 Å². The van der Waals surface area contributed by atoms with Gasteiger partial charge in [-0.15, -0.1) is 11.8 Å². The normalized spacial score (nSPS) is 14.0. The van der Waals surface area contributed by atoms with Gasteiger partial charge in [-0.3, -0.25) is 9.59 Å². The van der Waals surface area contributed by atoms with E-state index in [2.05, 4.69) is 0 Å². The van der Waals surface area contributed by atoms with E-state index in [0.29, 0.717) is 23.0 Å². The van der Waals surface area contributed by atoms with Crippen molar-refractivity contribution in [2.24, 2.45) is 0 Å². The number of carbonyl (C=O) groups is 2. The lowest BCUT2D eigenvalue weighted by molar-refractivity contribution is -0.125. The highest BCUT2D eigenvalue weighted by atomic mass is 32.2. The minimum absolute atomic E-state index is 0.210. The summed E-state index contributed by atoms with van der Waals surface area (Å²) in [5.74, 6) is -0.333. The zero-order valence-corrected chi connectivity index (χ0v) is 11.1. The van der Waals surface area contributed by atoms with Gasteiger partial charge in [-0.1, -0.05) is 12.1 Å². The number of carbonyl (C=O) groups excluding carboxylic acids is 2. The maximum atomic E-state index is 11.9. The monoisotopic (exact) mass is 268 g/mol. The Balaban J connectivity index is 3.25. The highest BCUT2D eigenvalue weighted by molar-refractivity contribution is 7.99. The van der Waals surface area contributed by atoms with Crippen LogP contribution in [0.1, 0.15) is 33.7 Å². The lowest BCUT2D eigenvalue weighted by atomic mass is 9.98. The van der Waals surface area contributed by atoms with Gasteiger partial charge in [0.05, 0.1) is 11.9 Å². The van der Waals surface area contributed by atoms with Crippen molar-refractivity contribution < 1.29 is 19.8 Å². The van der Waals surface area contributed by atoms with Crippen molar-refractivity contribution in [1.29, 1.82) is 0 Å². The second-order valence-corrected chi connectivity index (χ2v) is 4.87. The van der Waals surface area contributed by atoms with Gasteiger partial charge >= 0.3 is 0 Å². The first kappa shape index (κ1) is 14.9. The summed E-state index contributed by atoms with van der Waals surface area (Å²) in [4.78, 5) is 22.7. The van der Waals surface area contributed by atoms with E-state index in [-0.39, 0.29) is 12.4 Å². The Hall–Kier alpha value is -1.17. The maximum absolute atomic E-state index is 11.9. The Morgan fingerprint density at radius 1 is 1.50 bits per heavy atom. The molecular weight excluding hydrogens is 252 g/mol. The van der Waals surface area contributed by atoms with Crippen molar-refractivity contribution >= 4 is 23.8 Å². The Kier molecular flexibility index (Phi) is 5.53. The summed E-state index contributed by atoms with van der Waals surface area (Å²) in [6.07, 6.45) is 1.36. The second kappa shape index (κ2) is 6.68. The smallest absolute Gasteiger partial charge is 0.178 e. The fraction of sp³-hybridized carbons (Fsp3) is 0.385. The number of benzene rings is 1. The van der Waals surface area contributed by atoms with Crippen LogP contribution < -0.4 is 0 Å². The molecular formula is C13H16O4S. The molecule has 1 rings (SSSR count). The average Bonchev–Trinajstić information content (AvgIpc) is 2.39. The third kappa shape index (κ3) is 3.19. The molecule has 1 aromatic rings. The molecule has 4 nitrogen and oxygen atoms in total.